The third-order valence-electron chi connectivity index (χ3n) is 1.50. The van der Waals surface area contributed by atoms with Crippen LogP contribution < -0.4 is 5.32 Å². The summed E-state index contributed by atoms with van der Waals surface area (Å²) in [6.45, 7) is 2.54. The summed E-state index contributed by atoms with van der Waals surface area (Å²) in [6.07, 6.45) is 2.70. The quantitative estimate of drug-likeness (QED) is 0.744. The van der Waals surface area contributed by atoms with E-state index >= 15 is 0 Å². The van der Waals surface area contributed by atoms with Gasteiger partial charge in [0.25, 0.3) is 0 Å². The highest BCUT2D eigenvalue weighted by Crippen LogP contribution is 2.17. The van der Waals surface area contributed by atoms with Crippen molar-refractivity contribution in [3.05, 3.63) is 15.5 Å². The van der Waals surface area contributed by atoms with Gasteiger partial charge >= 0.3 is 0 Å². The van der Waals surface area contributed by atoms with Crippen molar-refractivity contribution in [1.82, 2.24) is 10.3 Å². The first kappa shape index (κ1) is 10.9. The molecule has 0 aliphatic rings. The van der Waals surface area contributed by atoms with Crippen molar-refractivity contribution >= 4 is 22.9 Å². The van der Waals surface area contributed by atoms with Crippen molar-refractivity contribution in [3.63, 3.8) is 0 Å². The fourth-order valence-corrected chi connectivity index (χ4v) is 1.83. The molecule has 1 heterocycles. The minimum atomic E-state index is 0.744. The summed E-state index contributed by atoms with van der Waals surface area (Å²) in [6, 6.07) is 0. The van der Waals surface area contributed by atoms with E-state index in [9.17, 15) is 0 Å². The highest BCUT2D eigenvalue weighted by atomic mass is 35.5. The Bertz CT molecular complexity index is 242. The molecule has 1 aromatic rings. The number of thiazole rings is 1. The first-order valence-corrected chi connectivity index (χ1v) is 5.32. The lowest BCUT2D eigenvalue weighted by atomic mass is 10.4. The van der Waals surface area contributed by atoms with Crippen molar-refractivity contribution in [1.29, 1.82) is 0 Å². The molecule has 0 unspecified atom stereocenters. The molecule has 0 spiro atoms. The third-order valence-corrected chi connectivity index (χ3v) is 2.62. The van der Waals surface area contributed by atoms with Gasteiger partial charge < -0.3 is 10.1 Å². The van der Waals surface area contributed by atoms with Gasteiger partial charge in [-0.15, -0.1) is 11.3 Å². The molecule has 1 rings (SSSR count). The molecule has 0 radical (unpaired) electrons. The van der Waals surface area contributed by atoms with Gasteiger partial charge in [-0.05, 0) is 13.0 Å². The van der Waals surface area contributed by atoms with Gasteiger partial charge in [-0.3, -0.25) is 0 Å². The molecule has 0 bridgehead atoms. The number of aromatic nitrogens is 1. The number of methoxy groups -OCH3 is 1. The van der Waals surface area contributed by atoms with E-state index in [-0.39, 0.29) is 0 Å². The second kappa shape index (κ2) is 6.32. The second-order valence-electron chi connectivity index (χ2n) is 2.58. The summed E-state index contributed by atoms with van der Waals surface area (Å²) in [7, 11) is 1.71. The summed E-state index contributed by atoms with van der Waals surface area (Å²) in [5, 5.41) is 4.29. The van der Waals surface area contributed by atoms with Crippen LogP contribution in [-0.2, 0) is 11.3 Å². The van der Waals surface area contributed by atoms with Crippen LogP contribution in [0.5, 0.6) is 0 Å². The molecule has 0 aromatic carbocycles. The highest BCUT2D eigenvalue weighted by molar-refractivity contribution is 7.15. The molecule has 0 saturated carbocycles. The second-order valence-corrected chi connectivity index (χ2v) is 4.33. The molecule has 0 aliphatic heterocycles. The zero-order valence-corrected chi connectivity index (χ0v) is 9.12. The van der Waals surface area contributed by atoms with Gasteiger partial charge in [-0.25, -0.2) is 4.98 Å². The summed E-state index contributed by atoms with van der Waals surface area (Å²) in [4.78, 5) is 4.13. The predicted molar refractivity (Wildman–Crippen MR) is 55.3 cm³/mol. The van der Waals surface area contributed by atoms with Gasteiger partial charge in [0.15, 0.2) is 0 Å². The first-order chi connectivity index (χ1) is 6.33. The van der Waals surface area contributed by atoms with E-state index in [0.717, 1.165) is 35.5 Å². The Balaban J connectivity index is 2.06. The van der Waals surface area contributed by atoms with Crippen LogP contribution in [0, 0.1) is 0 Å². The molecule has 1 N–H and O–H groups in total. The maximum atomic E-state index is 5.73. The molecule has 13 heavy (non-hydrogen) atoms. The molecule has 3 nitrogen and oxygen atoms in total. The third kappa shape index (κ3) is 4.57. The van der Waals surface area contributed by atoms with Crippen molar-refractivity contribution in [2.75, 3.05) is 20.3 Å². The van der Waals surface area contributed by atoms with Crippen LogP contribution in [0.25, 0.3) is 0 Å². The zero-order valence-electron chi connectivity index (χ0n) is 7.55. The number of ether oxygens (including phenoxy) is 1. The zero-order chi connectivity index (χ0) is 9.52. The summed E-state index contributed by atoms with van der Waals surface area (Å²) in [5.74, 6) is 0. The molecule has 0 atom stereocenters. The highest BCUT2D eigenvalue weighted by Gasteiger charge is 1.97. The molecule has 0 fully saturated rings. The van der Waals surface area contributed by atoms with E-state index in [1.807, 2.05) is 0 Å². The molecule has 74 valence electrons. The van der Waals surface area contributed by atoms with Gasteiger partial charge in [0.1, 0.15) is 9.34 Å². The standard InChI is InChI=1S/C8H13ClN2OS/c1-12-4-2-3-10-6-8-11-5-7(9)13-8/h5,10H,2-4,6H2,1H3. The monoisotopic (exact) mass is 220 g/mol. The van der Waals surface area contributed by atoms with Gasteiger partial charge in [0, 0.05) is 20.3 Å². The van der Waals surface area contributed by atoms with Gasteiger partial charge in [0.05, 0.1) is 6.20 Å². The fraction of sp³-hybridized carbons (Fsp3) is 0.625. The maximum absolute atomic E-state index is 5.73. The van der Waals surface area contributed by atoms with Crippen molar-refractivity contribution in [2.24, 2.45) is 0 Å². The number of hydrogen-bond donors (Lipinski definition) is 1. The predicted octanol–water partition coefficient (Wildman–Crippen LogP) is 1.92. The van der Waals surface area contributed by atoms with Crippen LogP contribution >= 0.6 is 22.9 Å². The van der Waals surface area contributed by atoms with Crippen LogP contribution in [0.2, 0.25) is 4.34 Å². The van der Waals surface area contributed by atoms with E-state index < -0.39 is 0 Å². The largest absolute Gasteiger partial charge is 0.385 e. The Morgan fingerprint density at radius 2 is 2.54 bits per heavy atom. The summed E-state index contributed by atoms with van der Waals surface area (Å²) in [5.41, 5.74) is 0. The van der Waals surface area contributed by atoms with Crippen LogP contribution in [0.15, 0.2) is 6.20 Å². The SMILES string of the molecule is COCCCNCc1ncc(Cl)s1. The van der Waals surface area contributed by atoms with Crippen LogP contribution in [0.3, 0.4) is 0 Å². The lowest BCUT2D eigenvalue weighted by molar-refractivity contribution is 0.194. The Labute approximate surface area is 87.1 Å². The molecule has 0 amide bonds. The Kier molecular flexibility index (Phi) is 5.31. The van der Waals surface area contributed by atoms with E-state index in [1.165, 1.54) is 11.3 Å². The van der Waals surface area contributed by atoms with E-state index in [1.54, 1.807) is 13.3 Å². The van der Waals surface area contributed by atoms with Crippen molar-refractivity contribution < 1.29 is 4.74 Å². The Morgan fingerprint density at radius 1 is 1.69 bits per heavy atom. The number of nitrogens with zero attached hydrogens (tertiary/aromatic N) is 1. The van der Waals surface area contributed by atoms with Crippen LogP contribution in [0.4, 0.5) is 0 Å². The summed E-state index contributed by atoms with van der Waals surface area (Å²) < 4.78 is 5.67. The van der Waals surface area contributed by atoms with Gasteiger partial charge in [-0.2, -0.15) is 0 Å². The normalized spacial score (nSPS) is 10.6. The summed E-state index contributed by atoms with van der Waals surface area (Å²) >= 11 is 7.24. The maximum Gasteiger partial charge on any atom is 0.113 e. The molecule has 5 heteroatoms. The minimum absolute atomic E-state index is 0.744. The lowest BCUT2D eigenvalue weighted by Crippen LogP contribution is -2.15. The lowest BCUT2D eigenvalue weighted by Gasteiger charge is -2.00. The topological polar surface area (TPSA) is 34.1 Å². The van der Waals surface area contributed by atoms with E-state index in [2.05, 4.69) is 10.3 Å². The minimum Gasteiger partial charge on any atom is -0.385 e. The molecular weight excluding hydrogens is 208 g/mol. The van der Waals surface area contributed by atoms with Gasteiger partial charge in [0.2, 0.25) is 0 Å². The van der Waals surface area contributed by atoms with E-state index in [0.29, 0.717) is 0 Å². The average molecular weight is 221 g/mol. The van der Waals surface area contributed by atoms with Crippen molar-refractivity contribution in [2.45, 2.75) is 13.0 Å². The molecule has 1 aromatic heterocycles. The Hall–Kier alpha value is -0.160. The number of rotatable bonds is 6. The van der Waals surface area contributed by atoms with Crippen molar-refractivity contribution in [3.8, 4) is 0 Å². The molecular formula is C8H13ClN2OS. The number of nitrogens with one attached hydrogen (secondary N) is 1. The number of halogens is 1. The fourth-order valence-electron chi connectivity index (χ4n) is 0.907. The smallest absolute Gasteiger partial charge is 0.113 e. The molecule has 0 aliphatic carbocycles. The van der Waals surface area contributed by atoms with Crippen LogP contribution in [0.1, 0.15) is 11.4 Å². The number of hydrogen-bond acceptors (Lipinski definition) is 4. The van der Waals surface area contributed by atoms with Crippen LogP contribution in [-0.4, -0.2) is 25.2 Å². The molecule has 0 saturated heterocycles. The van der Waals surface area contributed by atoms with E-state index in [4.69, 9.17) is 16.3 Å². The average Bonchev–Trinajstić information content (AvgIpc) is 2.51. The Morgan fingerprint density at radius 3 is 3.15 bits per heavy atom. The first-order valence-electron chi connectivity index (χ1n) is 4.13. The van der Waals surface area contributed by atoms with Gasteiger partial charge in [-0.1, -0.05) is 11.6 Å².